The Morgan fingerprint density at radius 2 is 1.73 bits per heavy atom. The Balaban J connectivity index is 2.37. The van der Waals surface area contributed by atoms with Gasteiger partial charge in [0, 0.05) is 47.4 Å². The maximum Gasteiger partial charge on any atom is 0.410 e. The molecule has 0 atom stereocenters. The van der Waals surface area contributed by atoms with Gasteiger partial charge in [-0.1, -0.05) is 19.9 Å². The Bertz CT molecular complexity index is 1140. The predicted molar refractivity (Wildman–Crippen MR) is 170 cm³/mol. The fraction of sp³-hybridized carbons (Fsp3) is 0.667. The zero-order valence-electron chi connectivity index (χ0n) is 26.5. The molecule has 11 heteroatoms. The molecule has 1 N–H and O–H groups in total. The number of allylic oxidation sites excluding steroid dienone is 1. The zero-order valence-corrected chi connectivity index (χ0v) is 28.2. The standard InChI is InChI=1S/C30H48N4O5S2/c1-12-15-31-25(40-20(4)5)24-21-13-16-33(27(36)38-29(6,7)8)18-22(21)41-26(24)32-23(35)14-17-34(19(2)3)28(37)39-30(9,10)11/h12,15,19-20H,13-14,16-18H2,1-11H3,(H,32,35)/b15-12+,31-25?. The largest absolute Gasteiger partial charge is 0.444 e. The number of carbonyl (C=O) groups is 3. The molecule has 0 fully saturated rings. The highest BCUT2D eigenvalue weighted by atomic mass is 32.2. The molecule has 9 nitrogen and oxygen atoms in total. The number of anilines is 1. The summed E-state index contributed by atoms with van der Waals surface area (Å²) in [5.41, 5.74) is 0.799. The van der Waals surface area contributed by atoms with Gasteiger partial charge in [-0.3, -0.25) is 4.79 Å². The van der Waals surface area contributed by atoms with Crippen LogP contribution in [0, 0.1) is 0 Å². The first kappa shape index (κ1) is 34.7. The topological polar surface area (TPSA) is 101 Å². The minimum absolute atomic E-state index is 0.113. The van der Waals surface area contributed by atoms with E-state index in [1.54, 1.807) is 27.8 Å². The summed E-state index contributed by atoms with van der Waals surface area (Å²) < 4.78 is 11.2. The zero-order chi connectivity index (χ0) is 31.1. The highest BCUT2D eigenvalue weighted by Crippen LogP contribution is 2.40. The van der Waals surface area contributed by atoms with E-state index in [4.69, 9.17) is 14.5 Å². The quantitative estimate of drug-likeness (QED) is 0.243. The molecule has 1 aromatic rings. The molecule has 1 aromatic heterocycles. The number of fused-ring (bicyclic) bond motifs is 1. The summed E-state index contributed by atoms with van der Waals surface area (Å²) in [4.78, 5) is 47.8. The first-order chi connectivity index (χ1) is 18.9. The number of amides is 3. The van der Waals surface area contributed by atoms with Gasteiger partial charge < -0.3 is 24.6 Å². The van der Waals surface area contributed by atoms with E-state index in [9.17, 15) is 14.4 Å². The van der Waals surface area contributed by atoms with Crippen molar-refractivity contribution in [2.45, 2.75) is 118 Å². The number of hydrogen-bond acceptors (Lipinski definition) is 8. The molecule has 2 heterocycles. The van der Waals surface area contributed by atoms with E-state index in [-0.39, 0.29) is 36.3 Å². The number of nitrogens with zero attached hydrogens (tertiary/aromatic N) is 3. The molecule has 230 valence electrons. The second-order valence-electron chi connectivity index (χ2n) is 12.5. The molecular formula is C30H48N4O5S2. The summed E-state index contributed by atoms with van der Waals surface area (Å²) in [6, 6.07) is -0.122. The maximum absolute atomic E-state index is 13.3. The molecule has 41 heavy (non-hydrogen) atoms. The predicted octanol–water partition coefficient (Wildman–Crippen LogP) is 7.44. The second-order valence-corrected chi connectivity index (χ2v) is 15.2. The number of nitrogens with one attached hydrogen (secondary N) is 1. The fourth-order valence-electron chi connectivity index (χ4n) is 4.01. The normalized spacial score (nSPS) is 14.5. The van der Waals surface area contributed by atoms with Crippen LogP contribution < -0.4 is 5.32 Å². The van der Waals surface area contributed by atoms with Gasteiger partial charge in [-0.15, -0.1) is 23.1 Å². The van der Waals surface area contributed by atoms with E-state index in [0.717, 1.165) is 21.0 Å². The molecule has 0 unspecified atom stereocenters. The SMILES string of the molecule is C/C=C/N=C(SC(C)C)c1c(NC(=O)CCN(C(=O)OC(C)(C)C)C(C)C)sc2c1CCN(C(=O)OC(C)(C)C)C2. The van der Waals surface area contributed by atoms with Gasteiger partial charge in [0.05, 0.1) is 6.54 Å². The molecule has 0 bridgehead atoms. The van der Waals surface area contributed by atoms with Crippen molar-refractivity contribution in [1.82, 2.24) is 9.80 Å². The minimum atomic E-state index is -0.624. The Hall–Kier alpha value is -2.53. The lowest BCUT2D eigenvalue weighted by atomic mass is 10.0. The van der Waals surface area contributed by atoms with Crippen molar-refractivity contribution in [3.05, 3.63) is 28.3 Å². The van der Waals surface area contributed by atoms with E-state index >= 15 is 0 Å². The summed E-state index contributed by atoms with van der Waals surface area (Å²) in [6.45, 7) is 22.1. The van der Waals surface area contributed by atoms with Gasteiger partial charge in [-0.2, -0.15) is 0 Å². The lowest BCUT2D eigenvalue weighted by molar-refractivity contribution is -0.116. The van der Waals surface area contributed by atoms with Crippen molar-refractivity contribution in [1.29, 1.82) is 0 Å². The lowest BCUT2D eigenvalue weighted by Crippen LogP contribution is -2.42. The molecule has 0 radical (unpaired) electrons. The first-order valence-corrected chi connectivity index (χ1v) is 15.9. The number of rotatable bonds is 8. The monoisotopic (exact) mass is 608 g/mol. The van der Waals surface area contributed by atoms with Gasteiger partial charge in [0.15, 0.2) is 0 Å². The van der Waals surface area contributed by atoms with Crippen LogP contribution in [0.4, 0.5) is 14.6 Å². The Labute approximate surface area is 254 Å². The smallest absolute Gasteiger partial charge is 0.410 e. The first-order valence-electron chi connectivity index (χ1n) is 14.2. The summed E-state index contributed by atoms with van der Waals surface area (Å²) in [5, 5.41) is 4.91. The van der Waals surface area contributed by atoms with Gasteiger partial charge in [0.1, 0.15) is 21.2 Å². The number of thioether (sulfide) groups is 1. The molecule has 0 spiro atoms. The third-order valence-corrected chi connectivity index (χ3v) is 7.83. The van der Waals surface area contributed by atoms with Gasteiger partial charge in [0.2, 0.25) is 5.91 Å². The summed E-state index contributed by atoms with van der Waals surface area (Å²) in [5.74, 6) is -0.206. The van der Waals surface area contributed by atoms with Crippen LogP contribution in [0.15, 0.2) is 17.3 Å². The van der Waals surface area contributed by atoms with Gasteiger partial charge >= 0.3 is 12.2 Å². The van der Waals surface area contributed by atoms with Crippen LogP contribution in [-0.4, -0.2) is 68.5 Å². The van der Waals surface area contributed by atoms with Crippen LogP contribution in [0.2, 0.25) is 0 Å². The Morgan fingerprint density at radius 3 is 2.27 bits per heavy atom. The third kappa shape index (κ3) is 11.0. The van der Waals surface area contributed by atoms with Crippen molar-refractivity contribution in [2.75, 3.05) is 18.4 Å². The minimum Gasteiger partial charge on any atom is -0.444 e. The molecule has 0 aromatic carbocycles. The van der Waals surface area contributed by atoms with Crippen molar-refractivity contribution in [3.8, 4) is 0 Å². The number of ether oxygens (including phenoxy) is 2. The third-order valence-electron chi connectivity index (χ3n) is 5.69. The van der Waals surface area contributed by atoms with E-state index < -0.39 is 17.3 Å². The highest BCUT2D eigenvalue weighted by molar-refractivity contribution is 8.15. The molecule has 2 rings (SSSR count). The van der Waals surface area contributed by atoms with Crippen molar-refractivity contribution in [2.24, 2.45) is 4.99 Å². The molecule has 1 aliphatic rings. The molecule has 1 aliphatic heterocycles. The summed E-state index contributed by atoms with van der Waals surface area (Å²) in [6.07, 6.45) is 3.59. The number of hydrogen-bond donors (Lipinski definition) is 1. The summed E-state index contributed by atoms with van der Waals surface area (Å²) in [7, 11) is 0. The number of carbonyl (C=O) groups excluding carboxylic acids is 3. The van der Waals surface area contributed by atoms with Crippen LogP contribution in [-0.2, 0) is 27.2 Å². The highest BCUT2D eigenvalue weighted by Gasteiger charge is 2.32. The average molecular weight is 609 g/mol. The Kier molecular flexibility index (Phi) is 12.3. The lowest BCUT2D eigenvalue weighted by Gasteiger charge is -2.30. The number of thiophene rings is 1. The van der Waals surface area contributed by atoms with Crippen LogP contribution >= 0.6 is 23.1 Å². The van der Waals surface area contributed by atoms with Gasteiger partial charge in [-0.25, -0.2) is 14.6 Å². The van der Waals surface area contributed by atoms with E-state index in [1.807, 2.05) is 68.4 Å². The van der Waals surface area contributed by atoms with Crippen LogP contribution in [0.1, 0.15) is 98.6 Å². The molecule has 0 saturated carbocycles. The van der Waals surface area contributed by atoms with Gasteiger partial charge in [-0.05, 0) is 74.3 Å². The Morgan fingerprint density at radius 1 is 1.10 bits per heavy atom. The van der Waals surface area contributed by atoms with Crippen molar-refractivity contribution >= 4 is 51.2 Å². The van der Waals surface area contributed by atoms with Gasteiger partial charge in [0.25, 0.3) is 0 Å². The van der Waals surface area contributed by atoms with E-state index in [0.29, 0.717) is 24.5 Å². The van der Waals surface area contributed by atoms with Crippen molar-refractivity contribution < 1.29 is 23.9 Å². The second kappa shape index (κ2) is 14.6. The van der Waals surface area contributed by atoms with E-state index in [1.165, 1.54) is 11.3 Å². The van der Waals surface area contributed by atoms with Crippen molar-refractivity contribution in [3.63, 3.8) is 0 Å². The van der Waals surface area contributed by atoms with Crippen LogP contribution in [0.25, 0.3) is 0 Å². The van der Waals surface area contributed by atoms with Crippen LogP contribution in [0.5, 0.6) is 0 Å². The van der Waals surface area contributed by atoms with E-state index in [2.05, 4.69) is 19.2 Å². The maximum atomic E-state index is 13.3. The molecule has 0 aliphatic carbocycles. The van der Waals surface area contributed by atoms with Crippen LogP contribution in [0.3, 0.4) is 0 Å². The number of aliphatic imine (C=N–C) groups is 1. The molecule has 3 amide bonds. The fourth-order valence-corrected chi connectivity index (χ4v) is 6.27. The summed E-state index contributed by atoms with van der Waals surface area (Å²) >= 11 is 3.11. The molecule has 0 saturated heterocycles. The average Bonchev–Trinajstić information content (AvgIpc) is 3.15. The molecular weight excluding hydrogens is 560 g/mol.